The van der Waals surface area contributed by atoms with E-state index in [0.717, 1.165) is 89.9 Å². The van der Waals surface area contributed by atoms with Gasteiger partial charge in [0.1, 0.15) is 13.2 Å². The first-order valence-electron chi connectivity index (χ1n) is 35.6. The molecule has 6 nitrogen and oxygen atoms in total. The van der Waals surface area contributed by atoms with Gasteiger partial charge in [0, 0.05) is 19.3 Å². The molecule has 6 heteroatoms. The number of carbonyl (C=O) groups is 3. The smallest absolute Gasteiger partial charge is 0.306 e. The van der Waals surface area contributed by atoms with E-state index in [0.29, 0.717) is 19.3 Å². The summed E-state index contributed by atoms with van der Waals surface area (Å²) in [5, 5.41) is 0. The monoisotopic (exact) mass is 1140 g/mol. The average Bonchev–Trinajstić information content (AvgIpc) is 3.47. The van der Waals surface area contributed by atoms with Crippen molar-refractivity contribution in [2.45, 2.75) is 367 Å². The molecule has 1 unspecified atom stereocenters. The van der Waals surface area contributed by atoms with Crippen LogP contribution in [-0.2, 0) is 28.6 Å². The van der Waals surface area contributed by atoms with Gasteiger partial charge in [-0.1, -0.05) is 356 Å². The Labute approximate surface area is 509 Å². The third kappa shape index (κ3) is 67.4. The van der Waals surface area contributed by atoms with Crippen molar-refractivity contribution in [3.63, 3.8) is 0 Å². The van der Waals surface area contributed by atoms with Crippen LogP contribution in [0.3, 0.4) is 0 Å². The topological polar surface area (TPSA) is 78.9 Å². The van der Waals surface area contributed by atoms with Crippen molar-refractivity contribution in [1.29, 1.82) is 0 Å². The van der Waals surface area contributed by atoms with Gasteiger partial charge in [-0.2, -0.15) is 0 Å². The lowest BCUT2D eigenvalue weighted by atomic mass is 10.0. The summed E-state index contributed by atoms with van der Waals surface area (Å²) < 4.78 is 16.8. The first kappa shape index (κ1) is 78.6. The van der Waals surface area contributed by atoms with E-state index in [2.05, 4.69) is 106 Å². The normalized spacial score (nSPS) is 12.6. The van der Waals surface area contributed by atoms with Crippen molar-refractivity contribution in [3.05, 3.63) is 85.1 Å². The highest BCUT2D eigenvalue weighted by molar-refractivity contribution is 5.71. The van der Waals surface area contributed by atoms with E-state index in [1.54, 1.807) is 0 Å². The minimum atomic E-state index is -0.804. The molecule has 0 saturated carbocycles. The van der Waals surface area contributed by atoms with Crippen molar-refractivity contribution in [3.8, 4) is 0 Å². The van der Waals surface area contributed by atoms with Crippen LogP contribution in [0.25, 0.3) is 0 Å². The van der Waals surface area contributed by atoms with Crippen LogP contribution in [0, 0.1) is 0 Å². The Kier molecular flexibility index (Phi) is 67.2. The third-order valence-electron chi connectivity index (χ3n) is 15.7. The van der Waals surface area contributed by atoms with E-state index in [1.165, 1.54) is 225 Å². The van der Waals surface area contributed by atoms with Crippen molar-refractivity contribution in [1.82, 2.24) is 0 Å². The molecule has 0 fully saturated rings. The zero-order valence-corrected chi connectivity index (χ0v) is 54.5. The second-order valence-electron chi connectivity index (χ2n) is 23.8. The predicted octanol–water partition coefficient (Wildman–Crippen LogP) is 24.6. The van der Waals surface area contributed by atoms with Gasteiger partial charge >= 0.3 is 17.9 Å². The summed E-state index contributed by atoms with van der Waals surface area (Å²) in [4.78, 5) is 38.0. The highest BCUT2D eigenvalue weighted by Gasteiger charge is 2.19. The van der Waals surface area contributed by atoms with Crippen molar-refractivity contribution >= 4 is 17.9 Å². The number of unbranched alkanes of at least 4 members (excludes halogenated alkanes) is 40. The summed E-state index contributed by atoms with van der Waals surface area (Å²) in [6.45, 7) is 6.46. The third-order valence-corrected chi connectivity index (χ3v) is 15.7. The molecule has 0 rings (SSSR count). The minimum absolute atomic E-state index is 0.0968. The number of hydrogen-bond donors (Lipinski definition) is 0. The van der Waals surface area contributed by atoms with E-state index in [1.807, 2.05) is 0 Å². The molecule has 0 heterocycles. The fourth-order valence-corrected chi connectivity index (χ4v) is 10.4. The maximum atomic E-state index is 12.8. The van der Waals surface area contributed by atoms with Gasteiger partial charge in [-0.15, -0.1) is 0 Å². The quantitative estimate of drug-likeness (QED) is 0.0261. The van der Waals surface area contributed by atoms with Crippen LogP contribution in [0.15, 0.2) is 85.1 Å². The van der Waals surface area contributed by atoms with Gasteiger partial charge in [0.05, 0.1) is 0 Å². The van der Waals surface area contributed by atoms with E-state index in [4.69, 9.17) is 14.2 Å². The first-order valence-corrected chi connectivity index (χ1v) is 35.6. The van der Waals surface area contributed by atoms with E-state index < -0.39 is 6.10 Å². The van der Waals surface area contributed by atoms with Crippen molar-refractivity contribution in [2.75, 3.05) is 13.2 Å². The zero-order chi connectivity index (χ0) is 59.2. The van der Waals surface area contributed by atoms with E-state index in [-0.39, 0.29) is 37.5 Å². The number of carbonyl (C=O) groups excluding carboxylic acids is 3. The van der Waals surface area contributed by atoms with Crippen LogP contribution in [0.4, 0.5) is 0 Å². The molecular formula is C76H134O6. The SMILES string of the molecule is CC/C=C\C/C=C\C/C=C\C/C=C\C/C=C\C/C=C\C/C=C\CCCC(=O)OC(COC(=O)CCCCCCCC)COC(=O)CCCCCCCCCCCCCCCCCCCCCCCCCCCCCCCCCCCCC. The van der Waals surface area contributed by atoms with Gasteiger partial charge in [-0.3, -0.25) is 14.4 Å². The summed E-state index contributed by atoms with van der Waals surface area (Å²) in [5.74, 6) is -0.954. The molecule has 0 N–H and O–H groups in total. The van der Waals surface area contributed by atoms with Gasteiger partial charge in [-0.05, 0) is 70.6 Å². The van der Waals surface area contributed by atoms with Gasteiger partial charge in [-0.25, -0.2) is 0 Å². The number of rotatable bonds is 65. The largest absolute Gasteiger partial charge is 0.462 e. The Morgan fingerprint density at radius 2 is 0.476 bits per heavy atom. The molecule has 0 aliphatic carbocycles. The second kappa shape index (κ2) is 70.1. The molecule has 82 heavy (non-hydrogen) atoms. The Morgan fingerprint density at radius 3 is 0.732 bits per heavy atom. The molecule has 0 amide bonds. The lowest BCUT2D eigenvalue weighted by molar-refractivity contribution is -0.167. The van der Waals surface area contributed by atoms with Crippen molar-refractivity contribution < 1.29 is 28.6 Å². The maximum Gasteiger partial charge on any atom is 0.306 e. The van der Waals surface area contributed by atoms with E-state index >= 15 is 0 Å². The molecular weight excluding hydrogens is 1010 g/mol. The summed E-state index contributed by atoms with van der Waals surface area (Å²) in [5.41, 5.74) is 0. The Morgan fingerprint density at radius 1 is 0.256 bits per heavy atom. The average molecular weight is 1140 g/mol. The molecule has 0 aromatic carbocycles. The van der Waals surface area contributed by atoms with Crippen molar-refractivity contribution in [2.24, 2.45) is 0 Å². The van der Waals surface area contributed by atoms with Gasteiger partial charge in [0.25, 0.3) is 0 Å². The van der Waals surface area contributed by atoms with Crippen LogP contribution in [0.5, 0.6) is 0 Å². The second-order valence-corrected chi connectivity index (χ2v) is 23.8. The molecule has 474 valence electrons. The molecule has 0 aromatic heterocycles. The minimum Gasteiger partial charge on any atom is -0.462 e. The summed E-state index contributed by atoms with van der Waals surface area (Å²) in [6, 6.07) is 0. The maximum absolute atomic E-state index is 12.8. The molecule has 0 radical (unpaired) electrons. The summed E-state index contributed by atoms with van der Waals surface area (Å²) >= 11 is 0. The van der Waals surface area contributed by atoms with Crippen LogP contribution in [-0.4, -0.2) is 37.2 Å². The fourth-order valence-electron chi connectivity index (χ4n) is 10.4. The Hall–Kier alpha value is -3.41. The number of hydrogen-bond acceptors (Lipinski definition) is 6. The summed E-state index contributed by atoms with van der Waals surface area (Å²) in [6.07, 6.45) is 94.0. The fraction of sp³-hybridized carbons (Fsp3) is 0.776. The molecule has 0 aromatic rings. The van der Waals surface area contributed by atoms with E-state index in [9.17, 15) is 14.4 Å². The molecule has 0 bridgehead atoms. The van der Waals surface area contributed by atoms with Crippen LogP contribution >= 0.6 is 0 Å². The number of allylic oxidation sites excluding steroid dienone is 14. The highest BCUT2D eigenvalue weighted by atomic mass is 16.6. The Bertz CT molecular complexity index is 1550. The number of ether oxygens (including phenoxy) is 3. The predicted molar refractivity (Wildman–Crippen MR) is 358 cm³/mol. The zero-order valence-electron chi connectivity index (χ0n) is 54.5. The molecule has 0 spiro atoms. The standard InChI is InChI=1S/C76H134O6/c1-4-7-10-13-16-18-20-22-24-26-28-30-32-33-34-35-36-37-38-39-40-41-42-43-45-46-48-50-52-54-56-58-60-63-66-69-75(78)81-72-73(71-80-74(77)68-65-62-15-12-9-6-3)82-76(79)70-67-64-61-59-57-55-53-51-49-47-44-31-29-27-25-23-21-19-17-14-11-8-5-2/h8,11,17,19,23,25,29,31,47,49,53,55,59,61,73H,4-7,9-10,12-16,18,20-22,24,26-28,30,32-46,48,50-52,54,56-58,60,62-72H2,1-3H3/b11-8-,19-17-,25-23-,31-29-,49-47-,55-53-,61-59-. The van der Waals surface area contributed by atoms with Gasteiger partial charge < -0.3 is 14.2 Å². The van der Waals surface area contributed by atoms with Gasteiger partial charge in [0.2, 0.25) is 0 Å². The molecule has 0 aliphatic rings. The van der Waals surface area contributed by atoms with Crippen LogP contribution in [0.2, 0.25) is 0 Å². The lowest BCUT2D eigenvalue weighted by Crippen LogP contribution is -2.30. The van der Waals surface area contributed by atoms with Crippen LogP contribution in [0.1, 0.15) is 361 Å². The highest BCUT2D eigenvalue weighted by Crippen LogP contribution is 2.18. The number of esters is 3. The molecule has 0 saturated heterocycles. The molecule has 1 atom stereocenters. The molecule has 0 aliphatic heterocycles. The lowest BCUT2D eigenvalue weighted by Gasteiger charge is -2.18. The van der Waals surface area contributed by atoms with Gasteiger partial charge in [0.15, 0.2) is 6.10 Å². The first-order chi connectivity index (χ1) is 40.5. The Balaban J connectivity index is 4.00. The van der Waals surface area contributed by atoms with Crippen LogP contribution < -0.4 is 0 Å². The summed E-state index contributed by atoms with van der Waals surface area (Å²) in [7, 11) is 0.